The molecule has 33 heavy (non-hydrogen) atoms. The van der Waals surface area contributed by atoms with Crippen LogP contribution in [0.4, 0.5) is 0 Å². The second-order valence-electron chi connectivity index (χ2n) is 8.00. The Kier molecular flexibility index (Phi) is 6.37. The van der Waals surface area contributed by atoms with Crippen molar-refractivity contribution >= 4 is 21.8 Å². The van der Waals surface area contributed by atoms with E-state index in [-0.39, 0.29) is 11.4 Å². The standard InChI is InChI=1S/C23H23BrN4O5/c1-13-10-15(11-14(2)20(13)33-16-6-7-18(29)17(24)12-16)28-23(32)25-21(30)19(26-28)22(31)27-8-4-3-5-9-27/h6-7,10-12,29H,3-5,8-9H2,1-2H3,(H,25,30,32). The summed E-state index contributed by atoms with van der Waals surface area (Å²) in [6.07, 6.45) is 2.79. The molecule has 2 heterocycles. The number of phenolic OH excluding ortho intramolecular Hbond substituents is 1. The molecule has 0 aliphatic carbocycles. The highest BCUT2D eigenvalue weighted by Gasteiger charge is 2.24. The Morgan fingerprint density at radius 2 is 1.76 bits per heavy atom. The Labute approximate surface area is 197 Å². The number of carbonyl (C=O) groups excluding carboxylic acids is 1. The number of aromatic hydroxyl groups is 1. The maximum Gasteiger partial charge on any atom is 0.349 e. The van der Waals surface area contributed by atoms with Crippen LogP contribution in [0, 0.1) is 13.8 Å². The molecule has 1 amide bonds. The molecule has 0 spiro atoms. The molecule has 10 heteroatoms. The highest BCUT2D eigenvalue weighted by molar-refractivity contribution is 9.10. The number of phenols is 1. The number of piperidine rings is 1. The van der Waals surface area contributed by atoms with Gasteiger partial charge < -0.3 is 14.7 Å². The van der Waals surface area contributed by atoms with Crippen molar-refractivity contribution in [3.63, 3.8) is 0 Å². The van der Waals surface area contributed by atoms with Crippen molar-refractivity contribution < 1.29 is 14.6 Å². The van der Waals surface area contributed by atoms with E-state index in [1.54, 1.807) is 29.2 Å². The quantitative estimate of drug-likeness (QED) is 0.550. The Hall–Kier alpha value is -3.40. The van der Waals surface area contributed by atoms with Gasteiger partial charge in [0, 0.05) is 13.1 Å². The molecule has 0 saturated carbocycles. The van der Waals surface area contributed by atoms with E-state index < -0.39 is 17.2 Å². The van der Waals surface area contributed by atoms with Crippen molar-refractivity contribution in [3.05, 3.63) is 72.5 Å². The first-order chi connectivity index (χ1) is 15.7. The van der Waals surface area contributed by atoms with Gasteiger partial charge in [0.05, 0.1) is 10.2 Å². The molecule has 172 valence electrons. The van der Waals surface area contributed by atoms with Crippen LogP contribution in [0.1, 0.15) is 40.9 Å². The number of aromatic nitrogens is 3. The number of nitrogens with one attached hydrogen (secondary N) is 1. The van der Waals surface area contributed by atoms with Crippen LogP contribution in [0.5, 0.6) is 17.2 Å². The number of hydrogen-bond acceptors (Lipinski definition) is 6. The number of H-pyrrole nitrogens is 1. The minimum atomic E-state index is -0.793. The summed E-state index contributed by atoms with van der Waals surface area (Å²) in [5, 5.41) is 13.8. The Balaban J connectivity index is 1.70. The smallest absolute Gasteiger partial charge is 0.349 e. The fourth-order valence-corrected chi connectivity index (χ4v) is 4.20. The molecule has 9 nitrogen and oxygen atoms in total. The predicted octanol–water partition coefficient (Wildman–Crippen LogP) is 3.42. The highest BCUT2D eigenvalue weighted by Crippen LogP contribution is 2.34. The van der Waals surface area contributed by atoms with E-state index in [0.29, 0.717) is 34.7 Å². The van der Waals surface area contributed by atoms with E-state index in [9.17, 15) is 19.5 Å². The summed E-state index contributed by atoms with van der Waals surface area (Å²) in [5.41, 5.74) is 0.0125. The van der Waals surface area contributed by atoms with E-state index >= 15 is 0 Å². The first kappa shape index (κ1) is 22.8. The van der Waals surface area contributed by atoms with Crippen molar-refractivity contribution in [1.82, 2.24) is 19.7 Å². The molecule has 2 aromatic carbocycles. The summed E-state index contributed by atoms with van der Waals surface area (Å²) < 4.78 is 7.52. The SMILES string of the molecule is Cc1cc(-n2nc(C(=O)N3CCCCC3)c(=O)[nH]c2=O)cc(C)c1Oc1ccc(O)c(Br)c1. The maximum absolute atomic E-state index is 12.8. The fourth-order valence-electron chi connectivity index (χ4n) is 3.84. The lowest BCUT2D eigenvalue weighted by Crippen LogP contribution is -2.42. The fraction of sp³-hybridized carbons (Fsp3) is 0.304. The summed E-state index contributed by atoms with van der Waals surface area (Å²) in [7, 11) is 0. The molecule has 0 radical (unpaired) electrons. The van der Waals surface area contributed by atoms with Crippen molar-refractivity contribution in [1.29, 1.82) is 0 Å². The molecule has 0 unspecified atom stereocenters. The van der Waals surface area contributed by atoms with E-state index in [4.69, 9.17) is 4.74 Å². The number of likely N-dealkylation sites (tertiary alicyclic amines) is 1. The predicted molar refractivity (Wildman–Crippen MR) is 126 cm³/mol. The van der Waals surface area contributed by atoms with Crippen molar-refractivity contribution in [3.8, 4) is 22.9 Å². The minimum absolute atomic E-state index is 0.101. The molecule has 0 bridgehead atoms. The Bertz CT molecular complexity index is 1320. The first-order valence-electron chi connectivity index (χ1n) is 10.6. The lowest BCUT2D eigenvalue weighted by atomic mass is 10.1. The van der Waals surface area contributed by atoms with Gasteiger partial charge in [-0.1, -0.05) is 0 Å². The molecule has 3 aromatic rings. The van der Waals surface area contributed by atoms with Gasteiger partial charge in [0.1, 0.15) is 17.2 Å². The number of rotatable bonds is 4. The van der Waals surface area contributed by atoms with Gasteiger partial charge in [0.25, 0.3) is 11.5 Å². The Morgan fingerprint density at radius 1 is 1.09 bits per heavy atom. The van der Waals surface area contributed by atoms with Crippen LogP contribution < -0.4 is 16.0 Å². The number of hydrogen-bond donors (Lipinski definition) is 2. The van der Waals surface area contributed by atoms with Gasteiger partial charge in [-0.2, -0.15) is 9.78 Å². The molecule has 1 aromatic heterocycles. The zero-order valence-electron chi connectivity index (χ0n) is 18.2. The van der Waals surface area contributed by atoms with Crippen molar-refractivity contribution in [2.45, 2.75) is 33.1 Å². The van der Waals surface area contributed by atoms with Gasteiger partial charge in [-0.3, -0.25) is 14.6 Å². The van der Waals surface area contributed by atoms with Crippen LogP contribution in [0.25, 0.3) is 5.69 Å². The third kappa shape index (κ3) is 4.70. The van der Waals surface area contributed by atoms with Crippen LogP contribution in [0.3, 0.4) is 0 Å². The van der Waals surface area contributed by atoms with Gasteiger partial charge in [0.2, 0.25) is 5.69 Å². The molecule has 1 saturated heterocycles. The van der Waals surface area contributed by atoms with Gasteiger partial charge in [-0.15, -0.1) is 0 Å². The second-order valence-corrected chi connectivity index (χ2v) is 8.85. The number of halogens is 1. The molecular formula is C23H23BrN4O5. The number of aromatic amines is 1. The van der Waals surface area contributed by atoms with E-state index in [0.717, 1.165) is 35.1 Å². The molecule has 0 atom stereocenters. The van der Waals surface area contributed by atoms with Gasteiger partial charge >= 0.3 is 5.69 Å². The van der Waals surface area contributed by atoms with Crippen LogP contribution in [-0.4, -0.2) is 43.8 Å². The molecule has 1 aliphatic rings. The van der Waals surface area contributed by atoms with Crippen molar-refractivity contribution in [2.24, 2.45) is 0 Å². The number of nitrogens with zero attached hydrogens (tertiary/aromatic N) is 3. The zero-order valence-corrected chi connectivity index (χ0v) is 19.8. The summed E-state index contributed by atoms with van der Waals surface area (Å²) in [6, 6.07) is 8.19. The zero-order chi connectivity index (χ0) is 23.7. The summed E-state index contributed by atoms with van der Waals surface area (Å²) in [4.78, 5) is 41.5. The van der Waals surface area contributed by atoms with Crippen LogP contribution in [0.15, 0.2) is 44.4 Å². The lowest BCUT2D eigenvalue weighted by Gasteiger charge is -2.26. The minimum Gasteiger partial charge on any atom is -0.507 e. The summed E-state index contributed by atoms with van der Waals surface area (Å²) >= 11 is 3.26. The van der Waals surface area contributed by atoms with E-state index in [1.807, 2.05) is 13.8 Å². The lowest BCUT2D eigenvalue weighted by molar-refractivity contribution is 0.0714. The van der Waals surface area contributed by atoms with Gasteiger partial charge in [-0.05, 0) is 90.5 Å². The number of aryl methyl sites for hydroxylation is 2. The van der Waals surface area contributed by atoms with Crippen LogP contribution in [0.2, 0.25) is 0 Å². The largest absolute Gasteiger partial charge is 0.507 e. The molecular weight excluding hydrogens is 492 g/mol. The summed E-state index contributed by atoms with van der Waals surface area (Å²) in [6.45, 7) is 4.77. The van der Waals surface area contributed by atoms with E-state index in [2.05, 4.69) is 26.0 Å². The average molecular weight is 515 g/mol. The number of amides is 1. The van der Waals surface area contributed by atoms with E-state index in [1.165, 1.54) is 6.07 Å². The Morgan fingerprint density at radius 3 is 2.39 bits per heavy atom. The molecule has 2 N–H and O–H groups in total. The van der Waals surface area contributed by atoms with Crippen LogP contribution in [-0.2, 0) is 0 Å². The summed E-state index contributed by atoms with van der Waals surface area (Å²) in [5.74, 6) is 0.728. The number of carbonyl (C=O) groups is 1. The van der Waals surface area contributed by atoms with Gasteiger partial charge in [-0.25, -0.2) is 4.79 Å². The first-order valence-corrected chi connectivity index (χ1v) is 11.3. The molecule has 4 rings (SSSR count). The second kappa shape index (κ2) is 9.22. The maximum atomic E-state index is 12.8. The normalized spacial score (nSPS) is 13.7. The third-order valence-corrected chi connectivity index (χ3v) is 6.14. The van der Waals surface area contributed by atoms with Crippen molar-refractivity contribution in [2.75, 3.05) is 13.1 Å². The average Bonchev–Trinajstić information content (AvgIpc) is 2.79. The highest BCUT2D eigenvalue weighted by atomic mass is 79.9. The molecule has 1 fully saturated rings. The topological polar surface area (TPSA) is 118 Å². The monoisotopic (exact) mass is 514 g/mol. The number of ether oxygens (including phenoxy) is 1. The molecule has 1 aliphatic heterocycles. The third-order valence-electron chi connectivity index (χ3n) is 5.50. The van der Waals surface area contributed by atoms with Crippen LogP contribution >= 0.6 is 15.9 Å². The number of benzene rings is 2. The van der Waals surface area contributed by atoms with Gasteiger partial charge in [0.15, 0.2) is 0 Å².